The first-order chi connectivity index (χ1) is 22.1. The first-order valence-electron chi connectivity index (χ1n) is 18.5. The van der Waals surface area contributed by atoms with E-state index in [1.165, 1.54) is 49.9 Å². The van der Waals surface area contributed by atoms with E-state index in [0.717, 1.165) is 64.5 Å². The molecular weight excluding hydrogens is 578 g/mol. The zero-order chi connectivity index (χ0) is 32.6. The minimum atomic E-state index is -0.784. The third kappa shape index (κ3) is 6.60. The minimum absolute atomic E-state index is 0.0488. The molecule has 2 heterocycles. The van der Waals surface area contributed by atoms with Gasteiger partial charge < -0.3 is 24.4 Å². The second kappa shape index (κ2) is 14.1. The van der Waals surface area contributed by atoms with Gasteiger partial charge in [-0.3, -0.25) is 9.69 Å². The quantitative estimate of drug-likeness (QED) is 0.338. The Balaban J connectivity index is 1.13. The molecule has 2 aliphatic heterocycles. The average molecular weight is 638 g/mol. The van der Waals surface area contributed by atoms with Crippen molar-refractivity contribution in [2.24, 2.45) is 23.2 Å². The van der Waals surface area contributed by atoms with Crippen LogP contribution in [0.15, 0.2) is 18.2 Å². The van der Waals surface area contributed by atoms with Crippen molar-refractivity contribution >= 4 is 12.1 Å². The Labute approximate surface area is 277 Å². The van der Waals surface area contributed by atoms with Gasteiger partial charge >= 0.3 is 12.1 Å². The Morgan fingerprint density at radius 2 is 1.78 bits per heavy atom. The highest BCUT2D eigenvalue weighted by Crippen LogP contribution is 2.63. The molecule has 46 heavy (non-hydrogen) atoms. The van der Waals surface area contributed by atoms with E-state index < -0.39 is 12.1 Å². The molecule has 5 aliphatic rings. The Hall–Kier alpha value is -2.16. The first kappa shape index (κ1) is 33.7. The zero-order valence-electron chi connectivity index (χ0n) is 29.1. The predicted molar refractivity (Wildman–Crippen MR) is 180 cm³/mol. The highest BCUT2D eigenvalue weighted by Gasteiger charge is 2.58. The number of nitrogens with zero attached hydrogens (tertiary/aromatic N) is 3. The van der Waals surface area contributed by atoms with Crippen LogP contribution in [0.3, 0.4) is 0 Å². The number of benzene rings is 1. The summed E-state index contributed by atoms with van der Waals surface area (Å²) < 4.78 is 12.3. The minimum Gasteiger partial charge on any atom is -0.461 e. The molecule has 0 spiro atoms. The van der Waals surface area contributed by atoms with Crippen LogP contribution in [-0.4, -0.2) is 96.4 Å². The van der Waals surface area contributed by atoms with Crippen LogP contribution in [0.25, 0.3) is 0 Å². The van der Waals surface area contributed by atoms with Crippen LogP contribution in [0.4, 0.5) is 4.79 Å². The van der Waals surface area contributed by atoms with Gasteiger partial charge in [0.05, 0.1) is 6.10 Å². The predicted octanol–water partition coefficient (Wildman–Crippen LogP) is 6.24. The van der Waals surface area contributed by atoms with Crippen molar-refractivity contribution in [3.05, 3.63) is 29.3 Å². The first-order valence-corrected chi connectivity index (χ1v) is 18.5. The van der Waals surface area contributed by atoms with Crippen molar-refractivity contribution in [1.82, 2.24) is 14.7 Å². The van der Waals surface area contributed by atoms with E-state index in [0.29, 0.717) is 35.5 Å². The molecule has 256 valence electrons. The molecule has 0 bridgehead atoms. The highest BCUT2D eigenvalue weighted by molar-refractivity contribution is 5.76. The van der Waals surface area contributed by atoms with Gasteiger partial charge in [-0.25, -0.2) is 4.79 Å². The Kier molecular flexibility index (Phi) is 10.4. The van der Waals surface area contributed by atoms with Crippen LogP contribution in [0, 0.1) is 23.2 Å². The van der Waals surface area contributed by atoms with Crippen LogP contribution < -0.4 is 4.74 Å². The van der Waals surface area contributed by atoms with Gasteiger partial charge in [-0.05, 0) is 139 Å². The number of aliphatic hydroxyl groups is 1. The van der Waals surface area contributed by atoms with Crippen LogP contribution in [-0.2, 0) is 16.0 Å². The maximum Gasteiger partial charge on any atom is 0.415 e. The number of likely N-dealkylation sites (tertiary alicyclic amines) is 2. The maximum absolute atomic E-state index is 13.2. The largest absolute Gasteiger partial charge is 0.461 e. The van der Waals surface area contributed by atoms with Crippen LogP contribution in [0.2, 0.25) is 0 Å². The molecule has 6 rings (SSSR count). The van der Waals surface area contributed by atoms with E-state index in [-0.39, 0.29) is 23.6 Å². The fourth-order valence-corrected chi connectivity index (χ4v) is 10.5. The molecule has 1 N–H and O–H groups in total. The second-order valence-corrected chi connectivity index (χ2v) is 15.8. The standard InChI is InChI=1S/C38H59N3O5/c1-6-10-26-23-27-24-29(45-37(44)41-21-16-28(17-22-41)40-19-8-7-9-20-40)11-12-30(27)31-15-18-38(3)32(34(26)31)13-14-33(38)46-36(43)35(25(2)42)39(4)5/h11-12,24-26,28,31-35,42H,6-10,13-23H2,1-5H3/t25-,26+,31+,32-,33-,34+,35+,38-/m0/s1. The Morgan fingerprint density at radius 1 is 1.04 bits per heavy atom. The van der Waals surface area contributed by atoms with Crippen molar-refractivity contribution in [1.29, 1.82) is 0 Å². The number of fused-ring (bicyclic) bond motifs is 5. The summed E-state index contributed by atoms with van der Waals surface area (Å²) in [6, 6.07) is 6.40. The van der Waals surface area contributed by atoms with Gasteiger partial charge in [0.15, 0.2) is 0 Å². The molecule has 1 amide bonds. The molecule has 8 heteroatoms. The lowest BCUT2D eigenvalue weighted by molar-refractivity contribution is -0.167. The summed E-state index contributed by atoms with van der Waals surface area (Å²) in [4.78, 5) is 32.8. The molecule has 1 aromatic rings. The normalized spacial score (nSPS) is 33.1. The summed E-state index contributed by atoms with van der Waals surface area (Å²) in [6.07, 6.45) is 12.4. The van der Waals surface area contributed by atoms with Crippen molar-refractivity contribution < 1.29 is 24.2 Å². The summed E-state index contributed by atoms with van der Waals surface area (Å²) in [5.74, 6) is 2.49. The molecule has 1 aromatic carbocycles. The zero-order valence-corrected chi connectivity index (χ0v) is 29.1. The van der Waals surface area contributed by atoms with Gasteiger partial charge in [0.25, 0.3) is 0 Å². The van der Waals surface area contributed by atoms with Gasteiger partial charge in [0.2, 0.25) is 0 Å². The lowest BCUT2D eigenvalue weighted by Gasteiger charge is -2.53. The molecule has 0 unspecified atom stereocenters. The monoisotopic (exact) mass is 637 g/mol. The van der Waals surface area contributed by atoms with Gasteiger partial charge in [-0.15, -0.1) is 0 Å². The van der Waals surface area contributed by atoms with E-state index in [2.05, 4.69) is 30.9 Å². The number of esters is 1. The fourth-order valence-electron chi connectivity index (χ4n) is 10.5. The van der Waals surface area contributed by atoms with Crippen molar-refractivity contribution in [2.45, 2.75) is 128 Å². The van der Waals surface area contributed by atoms with E-state index in [1.807, 2.05) is 25.1 Å². The van der Waals surface area contributed by atoms with Crippen LogP contribution in [0.1, 0.15) is 108 Å². The summed E-state index contributed by atoms with van der Waals surface area (Å²) in [6.45, 7) is 10.3. The fraction of sp³-hybridized carbons (Fsp3) is 0.789. The van der Waals surface area contributed by atoms with Crippen molar-refractivity contribution in [2.75, 3.05) is 40.3 Å². The van der Waals surface area contributed by atoms with E-state index in [4.69, 9.17) is 9.47 Å². The van der Waals surface area contributed by atoms with Crippen molar-refractivity contribution in [3.63, 3.8) is 0 Å². The number of hydrogen-bond acceptors (Lipinski definition) is 7. The lowest BCUT2D eigenvalue weighted by atomic mass is 9.52. The Morgan fingerprint density at radius 3 is 2.46 bits per heavy atom. The average Bonchev–Trinajstić information content (AvgIpc) is 3.36. The molecular formula is C38H59N3O5. The maximum atomic E-state index is 13.2. The SMILES string of the molecule is CCC[C@@H]1Cc2cc(OC(=O)N3CCC(N4CCCCC4)CC3)ccc2[C@H]2CC[C@]3(C)[C@@H](OC(=O)[C@@H]([C@H](C)O)N(C)C)CC[C@H]3[C@H]12. The molecule has 3 aliphatic carbocycles. The van der Waals surface area contributed by atoms with E-state index in [1.54, 1.807) is 11.8 Å². The second-order valence-electron chi connectivity index (χ2n) is 15.8. The molecule has 0 aromatic heterocycles. The number of carbonyl (C=O) groups is 2. The number of hydrogen-bond donors (Lipinski definition) is 1. The Bertz CT molecular complexity index is 1210. The lowest BCUT2D eigenvalue weighted by Crippen LogP contribution is -2.50. The number of ether oxygens (including phenoxy) is 2. The van der Waals surface area contributed by atoms with E-state index in [9.17, 15) is 14.7 Å². The van der Waals surface area contributed by atoms with Gasteiger partial charge in [0, 0.05) is 24.5 Å². The molecule has 8 atom stereocenters. The van der Waals surface area contributed by atoms with Gasteiger partial charge in [-0.1, -0.05) is 39.2 Å². The summed E-state index contributed by atoms with van der Waals surface area (Å²) >= 11 is 0. The van der Waals surface area contributed by atoms with Crippen molar-refractivity contribution in [3.8, 4) is 5.75 Å². The number of carbonyl (C=O) groups excluding carboxylic acids is 2. The third-order valence-electron chi connectivity index (χ3n) is 12.8. The number of piperidine rings is 2. The summed E-state index contributed by atoms with van der Waals surface area (Å²) in [5.41, 5.74) is 2.74. The molecule has 8 nitrogen and oxygen atoms in total. The van der Waals surface area contributed by atoms with Gasteiger partial charge in [-0.2, -0.15) is 0 Å². The smallest absolute Gasteiger partial charge is 0.415 e. The van der Waals surface area contributed by atoms with E-state index >= 15 is 0 Å². The van der Waals surface area contributed by atoms with Crippen LogP contribution in [0.5, 0.6) is 5.75 Å². The number of rotatable bonds is 8. The molecule has 2 saturated carbocycles. The third-order valence-corrected chi connectivity index (χ3v) is 12.8. The van der Waals surface area contributed by atoms with Crippen LogP contribution >= 0.6 is 0 Å². The topological polar surface area (TPSA) is 82.5 Å². The number of likely N-dealkylation sites (N-methyl/N-ethyl adjacent to an activating group) is 1. The molecule has 0 radical (unpaired) electrons. The molecule has 2 saturated heterocycles. The molecule has 4 fully saturated rings. The highest BCUT2D eigenvalue weighted by atomic mass is 16.6. The number of amides is 1. The van der Waals surface area contributed by atoms with Gasteiger partial charge in [0.1, 0.15) is 17.9 Å². The summed E-state index contributed by atoms with van der Waals surface area (Å²) in [5, 5.41) is 10.3. The summed E-state index contributed by atoms with van der Waals surface area (Å²) in [7, 11) is 3.65. The number of aliphatic hydroxyl groups excluding tert-OH is 1.